The Hall–Kier alpha value is -3.01. The molecule has 3 rings (SSSR count). The molecule has 1 heterocycles. The largest absolute Gasteiger partial charge is 0.463 e. The van der Waals surface area contributed by atoms with Crippen molar-refractivity contribution < 1.29 is 18.8 Å². The summed E-state index contributed by atoms with van der Waals surface area (Å²) in [6.45, 7) is 7.79. The van der Waals surface area contributed by atoms with Crippen LogP contribution in [0.25, 0.3) is 11.3 Å². The molecule has 1 aliphatic rings. The van der Waals surface area contributed by atoms with Crippen LogP contribution in [0, 0.1) is 0 Å². The van der Waals surface area contributed by atoms with Crippen molar-refractivity contribution in [2.75, 3.05) is 0 Å². The minimum atomic E-state index is -0.702. The lowest BCUT2D eigenvalue weighted by atomic mass is 9.85. The molecule has 134 valence electrons. The third-order valence-electron chi connectivity index (χ3n) is 3.80. The lowest BCUT2D eigenvalue weighted by Gasteiger charge is -2.13. The van der Waals surface area contributed by atoms with E-state index >= 15 is 0 Å². The predicted molar refractivity (Wildman–Crippen MR) is 102 cm³/mol. The van der Waals surface area contributed by atoms with Crippen molar-refractivity contribution in [3.05, 3.63) is 71.0 Å². The molecular formula is C22H22O4. The van der Waals surface area contributed by atoms with Gasteiger partial charge in [0, 0.05) is 16.7 Å². The van der Waals surface area contributed by atoms with E-state index in [1.807, 2.05) is 0 Å². The molecule has 1 aromatic carbocycles. The molecule has 0 saturated heterocycles. The smallest absolute Gasteiger partial charge is 0.238 e. The number of benzene rings is 1. The summed E-state index contributed by atoms with van der Waals surface area (Å²) in [5, 5.41) is 0. The van der Waals surface area contributed by atoms with Crippen molar-refractivity contribution in [3.63, 3.8) is 0 Å². The molecule has 0 amide bonds. The number of hydrogen-bond acceptors (Lipinski definition) is 4. The predicted octanol–water partition coefficient (Wildman–Crippen LogP) is 5.45. The standard InChI is InChI=1S/C19H14O4.C3H8/c1-3-7-11(4-2)16(20)14-10-23-19-13-9-6-5-8-12(13)17(21)18(22)15(14)19;1-3-2/h3-10H,1-2H3;3H2,1-2H3/b7-3-,11-4+;. The summed E-state index contributed by atoms with van der Waals surface area (Å²) < 4.78 is 5.48. The summed E-state index contributed by atoms with van der Waals surface area (Å²) in [6.07, 6.45) is 7.56. The zero-order valence-electron chi connectivity index (χ0n) is 15.5. The van der Waals surface area contributed by atoms with Gasteiger partial charge in [-0.25, -0.2) is 0 Å². The van der Waals surface area contributed by atoms with Gasteiger partial charge >= 0.3 is 0 Å². The van der Waals surface area contributed by atoms with Crippen LogP contribution < -0.4 is 0 Å². The van der Waals surface area contributed by atoms with Gasteiger partial charge in [0.1, 0.15) is 12.0 Å². The van der Waals surface area contributed by atoms with Crippen molar-refractivity contribution in [1.82, 2.24) is 0 Å². The van der Waals surface area contributed by atoms with Gasteiger partial charge in [0.2, 0.25) is 11.6 Å². The van der Waals surface area contributed by atoms with Crippen LogP contribution in [-0.4, -0.2) is 17.3 Å². The average Bonchev–Trinajstić information content (AvgIpc) is 3.09. The van der Waals surface area contributed by atoms with E-state index in [0.29, 0.717) is 16.7 Å². The monoisotopic (exact) mass is 350 g/mol. The first-order valence-electron chi connectivity index (χ1n) is 8.65. The van der Waals surface area contributed by atoms with Crippen LogP contribution >= 0.6 is 0 Å². The second-order valence-corrected chi connectivity index (χ2v) is 5.84. The number of rotatable bonds is 3. The molecule has 0 radical (unpaired) electrons. The minimum Gasteiger partial charge on any atom is -0.463 e. The van der Waals surface area contributed by atoms with Gasteiger partial charge in [-0.2, -0.15) is 0 Å². The summed E-state index contributed by atoms with van der Waals surface area (Å²) in [5.41, 5.74) is 1.47. The van der Waals surface area contributed by atoms with E-state index in [2.05, 4.69) is 13.8 Å². The molecule has 2 aromatic rings. The number of allylic oxidation sites excluding steroid dienone is 4. The Bertz CT molecular complexity index is 910. The van der Waals surface area contributed by atoms with Gasteiger partial charge in [0.15, 0.2) is 5.78 Å². The van der Waals surface area contributed by atoms with Gasteiger partial charge in [-0.05, 0) is 13.8 Å². The van der Waals surface area contributed by atoms with Gasteiger partial charge in [0.25, 0.3) is 0 Å². The topological polar surface area (TPSA) is 64.3 Å². The summed E-state index contributed by atoms with van der Waals surface area (Å²) in [4.78, 5) is 37.3. The fourth-order valence-corrected chi connectivity index (χ4v) is 2.70. The molecule has 1 aliphatic carbocycles. The summed E-state index contributed by atoms with van der Waals surface area (Å²) >= 11 is 0. The highest BCUT2D eigenvalue weighted by Gasteiger charge is 2.37. The average molecular weight is 350 g/mol. The van der Waals surface area contributed by atoms with Crippen molar-refractivity contribution >= 4 is 17.3 Å². The van der Waals surface area contributed by atoms with Crippen molar-refractivity contribution in [2.24, 2.45) is 0 Å². The summed E-state index contributed by atoms with van der Waals surface area (Å²) in [5.74, 6) is -1.37. The van der Waals surface area contributed by atoms with Gasteiger partial charge in [0.05, 0.1) is 11.1 Å². The number of hydrogen-bond donors (Lipinski definition) is 0. The highest BCUT2D eigenvalue weighted by atomic mass is 16.3. The second-order valence-electron chi connectivity index (χ2n) is 5.84. The molecule has 1 aromatic heterocycles. The quantitative estimate of drug-likeness (QED) is 0.320. The molecule has 0 atom stereocenters. The Morgan fingerprint density at radius 1 is 1.04 bits per heavy atom. The maximum Gasteiger partial charge on any atom is 0.238 e. The molecule has 0 N–H and O–H groups in total. The Balaban J connectivity index is 0.000000758. The summed E-state index contributed by atoms with van der Waals surface area (Å²) in [6, 6.07) is 6.74. The van der Waals surface area contributed by atoms with E-state index in [-0.39, 0.29) is 22.7 Å². The summed E-state index contributed by atoms with van der Waals surface area (Å²) in [7, 11) is 0. The van der Waals surface area contributed by atoms with E-state index in [9.17, 15) is 14.4 Å². The first-order valence-corrected chi connectivity index (χ1v) is 8.65. The van der Waals surface area contributed by atoms with Crippen LogP contribution in [0.2, 0.25) is 0 Å². The van der Waals surface area contributed by atoms with Crippen molar-refractivity contribution in [3.8, 4) is 11.3 Å². The first-order chi connectivity index (χ1) is 12.5. The van der Waals surface area contributed by atoms with Gasteiger partial charge in [-0.3, -0.25) is 14.4 Å². The highest BCUT2D eigenvalue weighted by molar-refractivity contribution is 6.53. The number of furan rings is 1. The molecule has 0 bridgehead atoms. The molecule has 4 nitrogen and oxygen atoms in total. The van der Waals surface area contributed by atoms with E-state index in [0.717, 1.165) is 0 Å². The van der Waals surface area contributed by atoms with Crippen molar-refractivity contribution in [1.29, 1.82) is 0 Å². The van der Waals surface area contributed by atoms with E-state index in [1.165, 1.54) is 12.7 Å². The Morgan fingerprint density at radius 3 is 2.23 bits per heavy atom. The maximum atomic E-state index is 12.6. The molecule has 0 saturated carbocycles. The van der Waals surface area contributed by atoms with E-state index in [1.54, 1.807) is 56.3 Å². The molecule has 0 fully saturated rings. The third kappa shape index (κ3) is 3.36. The van der Waals surface area contributed by atoms with Crippen molar-refractivity contribution in [2.45, 2.75) is 34.1 Å². The van der Waals surface area contributed by atoms with Gasteiger partial charge in [-0.15, -0.1) is 0 Å². The Morgan fingerprint density at radius 2 is 1.65 bits per heavy atom. The van der Waals surface area contributed by atoms with E-state index in [4.69, 9.17) is 4.42 Å². The van der Waals surface area contributed by atoms with Crippen LogP contribution in [0.3, 0.4) is 0 Å². The van der Waals surface area contributed by atoms with Crippen LogP contribution in [0.1, 0.15) is 65.2 Å². The number of carbonyl (C=O) groups is 3. The minimum absolute atomic E-state index is 0.0579. The van der Waals surface area contributed by atoms with Crippen LogP contribution in [0.4, 0.5) is 0 Å². The molecule has 26 heavy (non-hydrogen) atoms. The number of carbonyl (C=O) groups excluding carboxylic acids is 3. The van der Waals surface area contributed by atoms with Gasteiger partial charge in [-0.1, -0.05) is 62.8 Å². The molecular weight excluding hydrogens is 328 g/mol. The fourth-order valence-electron chi connectivity index (χ4n) is 2.70. The number of ketones is 3. The number of Topliss-reactive ketones (excluding diaryl/α,β-unsaturated/α-hetero) is 3. The normalized spacial score (nSPS) is 13.2. The zero-order chi connectivity index (χ0) is 19.3. The molecule has 0 spiro atoms. The molecule has 0 unspecified atom stereocenters. The van der Waals surface area contributed by atoms with E-state index < -0.39 is 11.6 Å². The fraction of sp³-hybridized carbons (Fsp3) is 0.227. The van der Waals surface area contributed by atoms with Gasteiger partial charge < -0.3 is 4.42 Å². The lowest BCUT2D eigenvalue weighted by molar-refractivity contribution is 0.0813. The zero-order valence-corrected chi connectivity index (χ0v) is 15.5. The van der Waals surface area contributed by atoms with Crippen LogP contribution in [0.15, 0.2) is 58.7 Å². The third-order valence-corrected chi connectivity index (χ3v) is 3.80. The second kappa shape index (κ2) is 8.39. The molecule has 0 aliphatic heterocycles. The maximum absolute atomic E-state index is 12.6. The highest BCUT2D eigenvalue weighted by Crippen LogP contribution is 2.37. The molecule has 4 heteroatoms. The Kier molecular flexibility index (Phi) is 6.23. The number of fused-ring (bicyclic) bond motifs is 3. The lowest BCUT2D eigenvalue weighted by Crippen LogP contribution is -2.22. The van der Waals surface area contributed by atoms with Crippen LogP contribution in [-0.2, 0) is 0 Å². The first kappa shape index (κ1) is 19.3. The Labute approximate surface area is 153 Å². The SMILES string of the molecule is C/C=C\C(=C/C)C(=O)c1coc2c1C(=O)C(=O)c1ccccc1-2.CCC. The van der Waals surface area contributed by atoms with Crippen LogP contribution in [0.5, 0.6) is 0 Å².